The van der Waals surface area contributed by atoms with E-state index in [1.807, 2.05) is 0 Å². The quantitative estimate of drug-likeness (QED) is 0.668. The molecule has 15 heavy (non-hydrogen) atoms. The Kier molecular flexibility index (Phi) is 3.12. The van der Waals surface area contributed by atoms with Gasteiger partial charge in [-0.05, 0) is 12.8 Å². The van der Waals surface area contributed by atoms with Crippen molar-refractivity contribution in [2.45, 2.75) is 45.8 Å². The normalized spacial score (nSPS) is 32.9. The summed E-state index contributed by atoms with van der Waals surface area (Å²) >= 11 is 0. The van der Waals surface area contributed by atoms with E-state index in [4.69, 9.17) is 9.47 Å². The van der Waals surface area contributed by atoms with Crippen molar-refractivity contribution >= 4 is 5.78 Å². The van der Waals surface area contributed by atoms with Crippen molar-refractivity contribution < 1.29 is 14.3 Å². The lowest BCUT2D eigenvalue weighted by atomic mass is 9.86. The zero-order chi connectivity index (χ0) is 10.9. The number of Topliss-reactive ketones (excluding diaryl/α,β-unsaturated/α-hetero) is 1. The van der Waals surface area contributed by atoms with Gasteiger partial charge in [0.1, 0.15) is 5.78 Å². The van der Waals surface area contributed by atoms with E-state index in [2.05, 4.69) is 13.8 Å². The Morgan fingerprint density at radius 1 is 1.20 bits per heavy atom. The molecule has 0 amide bonds. The highest BCUT2D eigenvalue weighted by atomic mass is 16.7. The molecule has 1 saturated heterocycles. The van der Waals surface area contributed by atoms with Gasteiger partial charge in [0.25, 0.3) is 0 Å². The molecule has 0 spiro atoms. The molecule has 0 N–H and O–H groups in total. The van der Waals surface area contributed by atoms with Gasteiger partial charge in [0.2, 0.25) is 0 Å². The average molecular weight is 212 g/mol. The van der Waals surface area contributed by atoms with Crippen molar-refractivity contribution in [1.82, 2.24) is 0 Å². The molecule has 1 heterocycles. The SMILES string of the molecule is CC1(C)COC(C2CCCCC2=O)OC1. The van der Waals surface area contributed by atoms with Crippen LogP contribution >= 0.6 is 0 Å². The molecule has 2 fully saturated rings. The fourth-order valence-corrected chi connectivity index (χ4v) is 2.24. The maximum absolute atomic E-state index is 11.7. The number of carbonyl (C=O) groups excluding carboxylic acids is 1. The van der Waals surface area contributed by atoms with Crippen LogP contribution in [0.15, 0.2) is 0 Å². The van der Waals surface area contributed by atoms with Gasteiger partial charge >= 0.3 is 0 Å². The first-order valence-corrected chi connectivity index (χ1v) is 5.84. The minimum Gasteiger partial charge on any atom is -0.351 e. The van der Waals surface area contributed by atoms with E-state index >= 15 is 0 Å². The molecule has 86 valence electrons. The summed E-state index contributed by atoms with van der Waals surface area (Å²) in [5.74, 6) is 0.320. The van der Waals surface area contributed by atoms with Crippen molar-refractivity contribution in [3.05, 3.63) is 0 Å². The molecule has 3 nitrogen and oxygen atoms in total. The standard InChI is InChI=1S/C12H20O3/c1-12(2)7-14-11(15-8-12)9-5-3-4-6-10(9)13/h9,11H,3-8H2,1-2H3. The summed E-state index contributed by atoms with van der Waals surface area (Å²) < 4.78 is 11.3. The minimum atomic E-state index is -0.272. The Hall–Kier alpha value is -0.410. The van der Waals surface area contributed by atoms with Crippen LogP contribution in [0.25, 0.3) is 0 Å². The number of hydrogen-bond donors (Lipinski definition) is 0. The predicted molar refractivity (Wildman–Crippen MR) is 56.4 cm³/mol. The Balaban J connectivity index is 1.92. The van der Waals surface area contributed by atoms with Gasteiger partial charge in [-0.25, -0.2) is 0 Å². The number of carbonyl (C=O) groups is 1. The minimum absolute atomic E-state index is 0.00477. The zero-order valence-electron chi connectivity index (χ0n) is 9.62. The van der Waals surface area contributed by atoms with E-state index in [1.54, 1.807) is 0 Å². The van der Waals surface area contributed by atoms with E-state index in [-0.39, 0.29) is 17.6 Å². The van der Waals surface area contributed by atoms with E-state index in [9.17, 15) is 4.79 Å². The van der Waals surface area contributed by atoms with Crippen LogP contribution in [-0.4, -0.2) is 25.3 Å². The lowest BCUT2D eigenvalue weighted by molar-refractivity contribution is -0.242. The Labute approximate surface area is 91.1 Å². The molecule has 1 aliphatic carbocycles. The Morgan fingerprint density at radius 3 is 2.47 bits per heavy atom. The smallest absolute Gasteiger partial charge is 0.167 e. The Morgan fingerprint density at radius 2 is 1.87 bits per heavy atom. The second-order valence-corrected chi connectivity index (χ2v) is 5.47. The van der Waals surface area contributed by atoms with Crippen molar-refractivity contribution in [3.63, 3.8) is 0 Å². The molecule has 3 heteroatoms. The summed E-state index contributed by atoms with van der Waals surface area (Å²) in [4.78, 5) is 11.7. The molecule has 1 unspecified atom stereocenters. The molecule has 2 rings (SSSR count). The lowest BCUT2D eigenvalue weighted by Crippen LogP contribution is -2.44. The van der Waals surface area contributed by atoms with Gasteiger partial charge in [-0.3, -0.25) is 4.79 Å². The van der Waals surface area contributed by atoms with Crippen molar-refractivity contribution in [1.29, 1.82) is 0 Å². The largest absolute Gasteiger partial charge is 0.351 e. The maximum Gasteiger partial charge on any atom is 0.167 e. The maximum atomic E-state index is 11.7. The molecular formula is C12H20O3. The molecule has 1 aliphatic heterocycles. The lowest BCUT2D eigenvalue weighted by Gasteiger charge is -2.38. The summed E-state index contributed by atoms with van der Waals surface area (Å²) in [6, 6.07) is 0. The third kappa shape index (κ3) is 2.58. The second kappa shape index (κ2) is 4.22. The first-order chi connectivity index (χ1) is 7.08. The van der Waals surface area contributed by atoms with Gasteiger partial charge in [-0.2, -0.15) is 0 Å². The number of ether oxygens (including phenoxy) is 2. The Bertz CT molecular complexity index is 237. The van der Waals surface area contributed by atoms with Crippen LogP contribution in [0.5, 0.6) is 0 Å². The number of ketones is 1. The van der Waals surface area contributed by atoms with Gasteiger partial charge in [0.05, 0.1) is 19.1 Å². The van der Waals surface area contributed by atoms with Crippen LogP contribution in [0.4, 0.5) is 0 Å². The number of hydrogen-bond acceptors (Lipinski definition) is 3. The average Bonchev–Trinajstić information content (AvgIpc) is 2.19. The zero-order valence-corrected chi connectivity index (χ0v) is 9.62. The van der Waals surface area contributed by atoms with Crippen molar-refractivity contribution in [3.8, 4) is 0 Å². The summed E-state index contributed by atoms with van der Waals surface area (Å²) in [6.45, 7) is 5.63. The van der Waals surface area contributed by atoms with Crippen molar-refractivity contribution in [2.75, 3.05) is 13.2 Å². The van der Waals surface area contributed by atoms with E-state index < -0.39 is 0 Å². The second-order valence-electron chi connectivity index (χ2n) is 5.47. The summed E-state index contributed by atoms with van der Waals surface area (Å²) in [7, 11) is 0. The fourth-order valence-electron chi connectivity index (χ4n) is 2.24. The van der Waals surface area contributed by atoms with Crippen LogP contribution in [-0.2, 0) is 14.3 Å². The van der Waals surface area contributed by atoms with Crippen LogP contribution < -0.4 is 0 Å². The molecular weight excluding hydrogens is 192 g/mol. The topological polar surface area (TPSA) is 35.5 Å². The first kappa shape index (κ1) is 11.1. The highest BCUT2D eigenvalue weighted by Gasteiger charge is 2.37. The van der Waals surface area contributed by atoms with Crippen molar-refractivity contribution in [2.24, 2.45) is 11.3 Å². The van der Waals surface area contributed by atoms with Crippen LogP contribution in [0, 0.1) is 11.3 Å². The molecule has 1 atom stereocenters. The molecule has 2 aliphatic rings. The molecule has 0 aromatic carbocycles. The summed E-state index contributed by atoms with van der Waals surface area (Å²) in [6.07, 6.45) is 3.53. The van der Waals surface area contributed by atoms with Gasteiger partial charge in [-0.1, -0.05) is 20.3 Å². The van der Waals surface area contributed by atoms with Gasteiger partial charge in [0, 0.05) is 11.8 Å². The summed E-state index contributed by atoms with van der Waals surface area (Å²) in [5.41, 5.74) is 0.0915. The van der Waals surface area contributed by atoms with Gasteiger partial charge < -0.3 is 9.47 Å². The highest BCUT2D eigenvalue weighted by Crippen LogP contribution is 2.31. The van der Waals surface area contributed by atoms with Crippen LogP contribution in [0.2, 0.25) is 0 Å². The third-order valence-corrected chi connectivity index (χ3v) is 3.21. The number of rotatable bonds is 1. The van der Waals surface area contributed by atoms with E-state index in [1.165, 1.54) is 0 Å². The molecule has 0 radical (unpaired) electrons. The van der Waals surface area contributed by atoms with Crippen LogP contribution in [0.1, 0.15) is 39.5 Å². The molecule has 0 bridgehead atoms. The highest BCUT2D eigenvalue weighted by molar-refractivity contribution is 5.82. The molecule has 0 aromatic rings. The van der Waals surface area contributed by atoms with Crippen LogP contribution in [0.3, 0.4) is 0 Å². The van der Waals surface area contributed by atoms with Gasteiger partial charge in [0.15, 0.2) is 6.29 Å². The monoisotopic (exact) mass is 212 g/mol. The fraction of sp³-hybridized carbons (Fsp3) is 0.917. The molecule has 0 aromatic heterocycles. The summed E-state index contributed by atoms with van der Waals surface area (Å²) in [5, 5.41) is 0. The van der Waals surface area contributed by atoms with E-state index in [0.29, 0.717) is 25.4 Å². The first-order valence-electron chi connectivity index (χ1n) is 5.84. The predicted octanol–water partition coefficient (Wildman–Crippen LogP) is 2.14. The molecule has 1 saturated carbocycles. The van der Waals surface area contributed by atoms with Gasteiger partial charge in [-0.15, -0.1) is 0 Å². The van der Waals surface area contributed by atoms with E-state index in [0.717, 1.165) is 19.3 Å². The third-order valence-electron chi connectivity index (χ3n) is 3.21.